The monoisotopic (exact) mass is 984 g/mol. The fourth-order valence-corrected chi connectivity index (χ4v) is 14.8. The average molecular weight is 985 g/mol. The number of hydrogen-bond donors (Lipinski definition) is 10. The Morgan fingerprint density at radius 1 is 0.739 bits per heavy atom. The Kier molecular flexibility index (Phi) is 13.3. The van der Waals surface area contributed by atoms with Crippen LogP contribution in [-0.2, 0) is 57.1 Å². The van der Waals surface area contributed by atoms with Crippen LogP contribution in [0.5, 0.6) is 0 Å². The van der Waals surface area contributed by atoms with E-state index in [1.165, 1.54) is 0 Å². The van der Waals surface area contributed by atoms with Crippen LogP contribution in [0.2, 0.25) is 0 Å². The molecule has 0 amide bonds. The number of ether oxygens (including phenoxy) is 7. The summed E-state index contributed by atoms with van der Waals surface area (Å²) >= 11 is 0. The number of aliphatic carboxylic acids is 4. The van der Waals surface area contributed by atoms with Gasteiger partial charge in [0.1, 0.15) is 49.3 Å². The number of carboxylic acids is 4. The van der Waals surface area contributed by atoms with Crippen molar-refractivity contribution in [3.05, 3.63) is 11.6 Å². The molecule has 69 heavy (non-hydrogen) atoms. The minimum atomic E-state index is -3.36. The van der Waals surface area contributed by atoms with Gasteiger partial charge in [0.2, 0.25) is 12.6 Å². The lowest BCUT2D eigenvalue weighted by Crippen LogP contribution is -2.72. The summed E-state index contributed by atoms with van der Waals surface area (Å²) in [4.78, 5) is 63.6. The van der Waals surface area contributed by atoms with Crippen LogP contribution in [0.1, 0.15) is 106 Å². The smallest absolute Gasteiger partial charge is 0.369 e. The van der Waals surface area contributed by atoms with Gasteiger partial charge in [0.25, 0.3) is 0 Å². The zero-order chi connectivity index (χ0) is 50.8. The van der Waals surface area contributed by atoms with Gasteiger partial charge in [-0.25, -0.2) is 14.4 Å². The van der Waals surface area contributed by atoms with Gasteiger partial charge in [-0.15, -0.1) is 0 Å². The number of allylic oxidation sites excluding steroid dienone is 2. The van der Waals surface area contributed by atoms with Gasteiger partial charge < -0.3 is 84.2 Å². The van der Waals surface area contributed by atoms with Crippen LogP contribution >= 0.6 is 0 Å². The van der Waals surface area contributed by atoms with Gasteiger partial charge in [-0.2, -0.15) is 0 Å². The number of carbonyl (C=O) groups excluding carboxylic acids is 1. The molecule has 0 bridgehead atoms. The lowest BCUT2D eigenvalue weighted by Gasteiger charge is -2.71. The largest absolute Gasteiger partial charge is 0.481 e. The van der Waals surface area contributed by atoms with Crippen LogP contribution in [-0.4, -0.2) is 174 Å². The van der Waals surface area contributed by atoms with Crippen LogP contribution in [0, 0.1) is 50.2 Å². The molecular weight excluding hydrogens is 916 g/mol. The summed E-state index contributed by atoms with van der Waals surface area (Å²) in [6, 6.07) is 0. The van der Waals surface area contributed by atoms with Crippen LogP contribution in [0.15, 0.2) is 11.6 Å². The molecule has 10 N–H and O–H groups in total. The summed E-state index contributed by atoms with van der Waals surface area (Å²) in [6.07, 6.45) is -13.5. The van der Waals surface area contributed by atoms with Gasteiger partial charge in [0.15, 0.2) is 12.4 Å². The highest BCUT2D eigenvalue weighted by Gasteiger charge is 2.71. The quantitative estimate of drug-likeness (QED) is 0.0775. The van der Waals surface area contributed by atoms with E-state index in [0.29, 0.717) is 38.5 Å². The van der Waals surface area contributed by atoms with E-state index in [9.17, 15) is 69.9 Å². The van der Waals surface area contributed by atoms with E-state index in [1.807, 2.05) is 0 Å². The molecule has 388 valence electrons. The van der Waals surface area contributed by atoms with E-state index in [2.05, 4.69) is 40.7 Å². The molecule has 5 aliphatic carbocycles. The number of aliphatic hydroxyl groups excluding tert-OH is 5. The van der Waals surface area contributed by atoms with E-state index in [4.69, 9.17) is 38.3 Å². The van der Waals surface area contributed by atoms with Gasteiger partial charge in [-0.05, 0) is 111 Å². The second-order valence-electron chi connectivity index (χ2n) is 22.6. The predicted octanol–water partition coefficient (Wildman–Crippen LogP) is 0.736. The van der Waals surface area contributed by atoms with Crippen LogP contribution in [0.4, 0.5) is 0 Å². The first-order valence-electron chi connectivity index (χ1n) is 23.9. The summed E-state index contributed by atoms with van der Waals surface area (Å²) in [5.41, 5.74) is -3.22. The summed E-state index contributed by atoms with van der Waals surface area (Å²) < 4.78 is 39.7. The van der Waals surface area contributed by atoms with Gasteiger partial charge >= 0.3 is 35.6 Å². The first kappa shape index (κ1) is 51.9. The molecule has 22 heteroatoms. The van der Waals surface area contributed by atoms with Crippen molar-refractivity contribution in [2.24, 2.45) is 50.2 Å². The van der Waals surface area contributed by atoms with Gasteiger partial charge in [-0.1, -0.05) is 46.3 Å². The Bertz CT molecular complexity index is 2100. The molecule has 22 nitrogen and oxygen atoms in total. The summed E-state index contributed by atoms with van der Waals surface area (Å²) in [6.45, 7) is 10.7. The number of carboxylic acid groups (broad SMARTS) is 4. The first-order valence-corrected chi connectivity index (χ1v) is 23.9. The SMILES string of the molecule is CC1(C(=O)O)CCC2(C(=O)OC3OC(CO)C(O)C(O)C3O)CCC3(C)C(=CCC4C5(C)CCC(OC6OC(C(=O)O)C7OC(O)(C(=O)O)C(OCC(=O)O)OC7C6O)C(C)(C)C5CCC43C)C2C1. The standard InChI is InChI=1S/C47H68O22/c1-41(2)23-9-12-45(6)24(43(23,4)11-10-25(41)65-36-30(54)31-32(33(66-36)34(55)56)69-47(62,38(59)60)40(67-31)63-19-26(49)50)8-7-20-21-17-42(3,37(57)58)13-15-46(21,16-14-44(20,45)5)39(61)68-35-29(53)28(52)27(51)22(18-48)64-35/h7,21-25,27-33,35-36,40,48,51-54,62H,8-19H2,1-6H3,(H,49,50)(H,55,56)(H,57,58)(H,59,60). The molecule has 21 atom stereocenters. The minimum Gasteiger partial charge on any atom is -0.481 e. The molecular formula is C47H68O22. The highest BCUT2D eigenvalue weighted by Crippen LogP contribution is 2.76. The Balaban J connectivity index is 1.05. The van der Waals surface area contributed by atoms with Crippen LogP contribution < -0.4 is 0 Å². The Hall–Kier alpha value is -3.39. The maximum atomic E-state index is 14.7. The van der Waals surface area contributed by atoms with Crippen LogP contribution in [0.25, 0.3) is 0 Å². The Morgan fingerprint density at radius 3 is 2.04 bits per heavy atom. The molecule has 4 saturated carbocycles. The molecule has 0 aromatic rings. The molecule has 0 spiro atoms. The molecule has 3 heterocycles. The van der Waals surface area contributed by atoms with Crippen molar-refractivity contribution in [1.29, 1.82) is 0 Å². The third-order valence-electron chi connectivity index (χ3n) is 19.0. The lowest BCUT2D eigenvalue weighted by atomic mass is 9.33. The van der Waals surface area contributed by atoms with E-state index >= 15 is 0 Å². The molecule has 7 fully saturated rings. The summed E-state index contributed by atoms with van der Waals surface area (Å²) in [5, 5.41) is 104. The van der Waals surface area contributed by atoms with Crippen molar-refractivity contribution in [2.45, 2.75) is 185 Å². The fourth-order valence-electron chi connectivity index (χ4n) is 14.8. The molecule has 8 aliphatic rings. The highest BCUT2D eigenvalue weighted by molar-refractivity contribution is 5.81. The summed E-state index contributed by atoms with van der Waals surface area (Å²) in [7, 11) is 0. The Morgan fingerprint density at radius 2 is 1.42 bits per heavy atom. The Labute approximate surface area is 397 Å². The number of aliphatic hydroxyl groups is 6. The van der Waals surface area contributed by atoms with Gasteiger partial charge in [-0.3, -0.25) is 9.59 Å². The molecule has 0 aromatic carbocycles. The van der Waals surface area contributed by atoms with E-state index < -0.39 is 150 Å². The average Bonchev–Trinajstić information content (AvgIpc) is 3.27. The maximum absolute atomic E-state index is 14.7. The molecule has 3 aliphatic heterocycles. The van der Waals surface area contributed by atoms with Crippen molar-refractivity contribution in [2.75, 3.05) is 13.2 Å². The number of fused-ring (bicyclic) bond motifs is 8. The van der Waals surface area contributed by atoms with Crippen molar-refractivity contribution in [3.63, 3.8) is 0 Å². The topological polar surface area (TPSA) is 352 Å². The number of carbonyl (C=O) groups is 5. The number of hydrogen-bond acceptors (Lipinski definition) is 18. The van der Waals surface area contributed by atoms with Crippen molar-refractivity contribution in [1.82, 2.24) is 0 Å². The predicted molar refractivity (Wildman–Crippen MR) is 228 cm³/mol. The summed E-state index contributed by atoms with van der Waals surface area (Å²) in [5.74, 6) is -10.8. The fraction of sp³-hybridized carbons (Fsp3) is 0.851. The third-order valence-corrected chi connectivity index (χ3v) is 19.0. The maximum Gasteiger partial charge on any atom is 0.369 e. The van der Waals surface area contributed by atoms with Crippen molar-refractivity contribution in [3.8, 4) is 0 Å². The zero-order valence-electron chi connectivity index (χ0n) is 39.6. The molecule has 21 unspecified atom stereocenters. The minimum absolute atomic E-state index is 0.000981. The first-order chi connectivity index (χ1) is 32.1. The van der Waals surface area contributed by atoms with E-state index in [-0.39, 0.29) is 41.9 Å². The molecule has 0 radical (unpaired) electrons. The van der Waals surface area contributed by atoms with E-state index in [1.54, 1.807) is 6.92 Å². The van der Waals surface area contributed by atoms with Crippen LogP contribution in [0.3, 0.4) is 0 Å². The van der Waals surface area contributed by atoms with Gasteiger partial charge in [0.05, 0.1) is 23.5 Å². The molecule has 3 saturated heterocycles. The highest BCUT2D eigenvalue weighted by atomic mass is 16.8. The van der Waals surface area contributed by atoms with Crippen molar-refractivity contribution >= 4 is 29.8 Å². The number of esters is 1. The second kappa shape index (κ2) is 17.7. The lowest BCUT2D eigenvalue weighted by molar-refractivity contribution is -0.435. The van der Waals surface area contributed by atoms with Gasteiger partial charge in [0, 0.05) is 0 Å². The van der Waals surface area contributed by atoms with E-state index in [0.717, 1.165) is 12.0 Å². The normalized spacial score (nSPS) is 50.1. The zero-order valence-corrected chi connectivity index (χ0v) is 39.6. The third kappa shape index (κ3) is 7.85. The molecule has 0 aromatic heterocycles. The molecule has 8 rings (SSSR count). The number of rotatable bonds is 11. The second-order valence-corrected chi connectivity index (χ2v) is 22.6. The van der Waals surface area contributed by atoms with Crippen molar-refractivity contribution < 1.29 is 108 Å².